The molecule has 1 saturated carbocycles. The summed E-state index contributed by atoms with van der Waals surface area (Å²) < 4.78 is 0. The van der Waals surface area contributed by atoms with E-state index in [9.17, 15) is 0 Å². The molecule has 1 aliphatic heterocycles. The van der Waals surface area contributed by atoms with Gasteiger partial charge in [-0.3, -0.25) is 4.90 Å². The maximum absolute atomic E-state index is 3.62. The van der Waals surface area contributed by atoms with Crippen LogP contribution in [0.15, 0.2) is 0 Å². The van der Waals surface area contributed by atoms with Gasteiger partial charge in [0.05, 0.1) is 0 Å². The molecule has 0 aromatic heterocycles. The van der Waals surface area contributed by atoms with Crippen molar-refractivity contribution < 1.29 is 0 Å². The van der Waals surface area contributed by atoms with Crippen LogP contribution in [0.25, 0.3) is 0 Å². The summed E-state index contributed by atoms with van der Waals surface area (Å²) in [5.41, 5.74) is 0. The zero-order valence-electron chi connectivity index (χ0n) is 12.8. The first-order chi connectivity index (χ1) is 8.61. The van der Waals surface area contributed by atoms with Crippen molar-refractivity contribution in [3.8, 4) is 0 Å². The lowest BCUT2D eigenvalue weighted by Gasteiger charge is -2.47. The molecule has 0 spiro atoms. The first kappa shape index (κ1) is 14.3. The fraction of sp³-hybridized carbons (Fsp3) is 1.00. The van der Waals surface area contributed by atoms with Crippen LogP contribution in [-0.2, 0) is 0 Å². The van der Waals surface area contributed by atoms with Gasteiger partial charge in [0.2, 0.25) is 0 Å². The lowest BCUT2D eigenvalue weighted by molar-refractivity contribution is 0.0224. The molecule has 1 heterocycles. The van der Waals surface area contributed by atoms with Gasteiger partial charge in [0, 0.05) is 24.7 Å². The molecule has 3 atom stereocenters. The number of nitrogens with zero attached hydrogens (tertiary/aromatic N) is 1. The summed E-state index contributed by atoms with van der Waals surface area (Å²) in [5, 5.41) is 3.62. The predicted octanol–water partition coefficient (Wildman–Crippen LogP) is 3.27. The van der Waals surface area contributed by atoms with Gasteiger partial charge in [0.25, 0.3) is 0 Å². The topological polar surface area (TPSA) is 15.3 Å². The monoisotopic (exact) mass is 252 g/mol. The summed E-state index contributed by atoms with van der Waals surface area (Å²) >= 11 is 0. The molecule has 2 fully saturated rings. The molecular weight excluding hydrogens is 220 g/mol. The van der Waals surface area contributed by atoms with Gasteiger partial charge in [0.15, 0.2) is 0 Å². The predicted molar refractivity (Wildman–Crippen MR) is 78.8 cm³/mol. The fourth-order valence-corrected chi connectivity index (χ4v) is 4.14. The molecule has 1 N–H and O–H groups in total. The highest BCUT2D eigenvalue weighted by Crippen LogP contribution is 2.33. The second-order valence-electron chi connectivity index (χ2n) is 6.82. The van der Waals surface area contributed by atoms with E-state index >= 15 is 0 Å². The second-order valence-corrected chi connectivity index (χ2v) is 6.82. The van der Waals surface area contributed by atoms with Crippen LogP contribution in [0.2, 0.25) is 0 Å². The quantitative estimate of drug-likeness (QED) is 0.829. The normalized spacial score (nSPS) is 43.0. The van der Waals surface area contributed by atoms with E-state index in [0.29, 0.717) is 0 Å². The smallest absolute Gasteiger partial charge is 0.00994 e. The molecular formula is C16H32N2. The van der Waals surface area contributed by atoms with E-state index in [-0.39, 0.29) is 0 Å². The minimum Gasteiger partial charge on any atom is -0.314 e. The van der Waals surface area contributed by atoms with Crippen molar-refractivity contribution in [2.45, 2.75) is 77.9 Å². The molecule has 2 nitrogen and oxygen atoms in total. The van der Waals surface area contributed by atoms with Gasteiger partial charge in [-0.25, -0.2) is 0 Å². The average Bonchev–Trinajstić information content (AvgIpc) is 2.35. The molecule has 2 rings (SSSR count). The Labute approximate surface area is 114 Å². The number of likely N-dealkylation sites (tertiary alicyclic amines) is 1. The standard InChI is InChI=1S/C16H32N2/c1-5-17-15-6-8-16(9-7-15)18-11-12(2)10-13(3)14(18)4/h12-17H,5-11H2,1-4H3. The SMILES string of the molecule is CCNC1CCC(N2CC(C)CC(C)C2C)CC1. The van der Waals surface area contributed by atoms with E-state index in [1.165, 1.54) is 38.6 Å². The molecule has 3 unspecified atom stereocenters. The summed E-state index contributed by atoms with van der Waals surface area (Å²) in [7, 11) is 0. The van der Waals surface area contributed by atoms with Crippen molar-refractivity contribution in [1.82, 2.24) is 10.2 Å². The Morgan fingerprint density at radius 3 is 2.33 bits per heavy atom. The first-order valence-corrected chi connectivity index (χ1v) is 8.11. The van der Waals surface area contributed by atoms with E-state index in [2.05, 4.69) is 37.9 Å². The van der Waals surface area contributed by atoms with Gasteiger partial charge < -0.3 is 5.32 Å². The summed E-state index contributed by atoms with van der Waals surface area (Å²) in [5.74, 6) is 1.77. The first-order valence-electron chi connectivity index (χ1n) is 8.11. The van der Waals surface area contributed by atoms with Crippen LogP contribution in [0.4, 0.5) is 0 Å². The largest absolute Gasteiger partial charge is 0.314 e. The third-order valence-electron chi connectivity index (χ3n) is 5.30. The number of rotatable bonds is 3. The highest BCUT2D eigenvalue weighted by atomic mass is 15.2. The van der Waals surface area contributed by atoms with Crippen molar-refractivity contribution in [3.63, 3.8) is 0 Å². The number of hydrogen-bond donors (Lipinski definition) is 1. The molecule has 106 valence electrons. The fourth-order valence-electron chi connectivity index (χ4n) is 4.14. The van der Waals surface area contributed by atoms with Crippen LogP contribution in [0.3, 0.4) is 0 Å². The Kier molecular flexibility index (Phi) is 5.08. The zero-order valence-corrected chi connectivity index (χ0v) is 12.8. The number of piperidine rings is 1. The minimum atomic E-state index is 0.793. The molecule has 0 aromatic carbocycles. The molecule has 2 heteroatoms. The maximum Gasteiger partial charge on any atom is 0.00994 e. The summed E-state index contributed by atoms with van der Waals surface area (Å²) in [4.78, 5) is 2.83. The summed E-state index contributed by atoms with van der Waals surface area (Å²) in [6.45, 7) is 12.0. The van der Waals surface area contributed by atoms with Crippen LogP contribution in [0.5, 0.6) is 0 Å². The van der Waals surface area contributed by atoms with E-state index < -0.39 is 0 Å². The van der Waals surface area contributed by atoms with Gasteiger partial charge in [-0.2, -0.15) is 0 Å². The number of hydrogen-bond acceptors (Lipinski definition) is 2. The van der Waals surface area contributed by atoms with Gasteiger partial charge in [0.1, 0.15) is 0 Å². The highest BCUT2D eigenvalue weighted by Gasteiger charge is 2.34. The van der Waals surface area contributed by atoms with Crippen LogP contribution >= 0.6 is 0 Å². The Hall–Kier alpha value is -0.0800. The molecule has 18 heavy (non-hydrogen) atoms. The van der Waals surface area contributed by atoms with Gasteiger partial charge >= 0.3 is 0 Å². The Morgan fingerprint density at radius 2 is 1.72 bits per heavy atom. The number of nitrogens with one attached hydrogen (secondary N) is 1. The molecule has 1 aliphatic carbocycles. The van der Waals surface area contributed by atoms with Crippen LogP contribution in [0.1, 0.15) is 59.8 Å². The van der Waals surface area contributed by atoms with E-state index in [1.54, 1.807) is 0 Å². The van der Waals surface area contributed by atoms with Crippen molar-refractivity contribution in [2.75, 3.05) is 13.1 Å². The maximum atomic E-state index is 3.62. The lowest BCUT2D eigenvalue weighted by Crippen LogP contribution is -2.52. The van der Waals surface area contributed by atoms with E-state index in [1.807, 2.05) is 0 Å². The Bertz CT molecular complexity index is 245. The van der Waals surface area contributed by atoms with Crippen molar-refractivity contribution in [3.05, 3.63) is 0 Å². The van der Waals surface area contributed by atoms with Crippen molar-refractivity contribution in [1.29, 1.82) is 0 Å². The van der Waals surface area contributed by atoms with Crippen molar-refractivity contribution in [2.24, 2.45) is 11.8 Å². The van der Waals surface area contributed by atoms with Crippen LogP contribution in [0, 0.1) is 11.8 Å². The third-order valence-corrected chi connectivity index (χ3v) is 5.30. The highest BCUT2D eigenvalue weighted by molar-refractivity contribution is 4.90. The van der Waals surface area contributed by atoms with Gasteiger partial charge in [-0.1, -0.05) is 20.8 Å². The lowest BCUT2D eigenvalue weighted by atomic mass is 9.82. The molecule has 2 aliphatic rings. The summed E-state index contributed by atoms with van der Waals surface area (Å²) in [6.07, 6.45) is 6.99. The van der Waals surface area contributed by atoms with E-state index in [0.717, 1.165) is 36.5 Å². The van der Waals surface area contributed by atoms with Gasteiger partial charge in [-0.15, -0.1) is 0 Å². The molecule has 0 radical (unpaired) electrons. The summed E-state index contributed by atoms with van der Waals surface area (Å²) in [6, 6.07) is 2.45. The third kappa shape index (κ3) is 3.27. The second kappa shape index (κ2) is 6.38. The van der Waals surface area contributed by atoms with Gasteiger partial charge in [-0.05, 0) is 57.4 Å². The van der Waals surface area contributed by atoms with Crippen LogP contribution < -0.4 is 5.32 Å². The van der Waals surface area contributed by atoms with E-state index in [4.69, 9.17) is 0 Å². The van der Waals surface area contributed by atoms with Crippen molar-refractivity contribution >= 4 is 0 Å². The Balaban J connectivity index is 1.88. The van der Waals surface area contributed by atoms with Crippen LogP contribution in [-0.4, -0.2) is 36.1 Å². The molecule has 0 amide bonds. The average molecular weight is 252 g/mol. The zero-order chi connectivity index (χ0) is 13.1. The molecule has 1 saturated heterocycles. The molecule has 0 bridgehead atoms. The Morgan fingerprint density at radius 1 is 1.06 bits per heavy atom. The molecule has 0 aromatic rings. The minimum absolute atomic E-state index is 0.793.